The van der Waals surface area contributed by atoms with Gasteiger partial charge in [0.2, 0.25) is 0 Å². The molecule has 1 aromatic carbocycles. The maximum atomic E-state index is 13.7. The molecule has 1 rings (SSSR count). The predicted molar refractivity (Wildman–Crippen MR) is 68.9 cm³/mol. The van der Waals surface area contributed by atoms with Crippen molar-refractivity contribution in [2.75, 3.05) is 6.54 Å². The highest BCUT2D eigenvalue weighted by molar-refractivity contribution is 5.69. The van der Waals surface area contributed by atoms with E-state index in [2.05, 4.69) is 0 Å². The maximum absolute atomic E-state index is 13.7. The minimum absolute atomic E-state index is 0.100. The predicted octanol–water partition coefficient (Wildman–Crippen LogP) is 2.82. The topological polar surface area (TPSA) is 40.5 Å². The Hall–Kier alpha value is -1.42. The zero-order chi connectivity index (χ0) is 13.9. The molecule has 0 saturated carbocycles. The molecular formula is C14H20FNO2. The molecule has 3 nitrogen and oxygen atoms in total. The van der Waals surface area contributed by atoms with Crippen molar-refractivity contribution >= 4 is 5.97 Å². The average Bonchev–Trinajstić information content (AvgIpc) is 2.20. The summed E-state index contributed by atoms with van der Waals surface area (Å²) in [6, 6.07) is 4.89. The van der Waals surface area contributed by atoms with E-state index in [1.807, 2.05) is 27.7 Å². The molecule has 0 amide bonds. The van der Waals surface area contributed by atoms with E-state index in [0.29, 0.717) is 12.1 Å². The van der Waals surface area contributed by atoms with Crippen molar-refractivity contribution in [3.8, 4) is 0 Å². The van der Waals surface area contributed by atoms with Gasteiger partial charge in [-0.2, -0.15) is 0 Å². The first-order valence-electron chi connectivity index (χ1n) is 5.92. The highest BCUT2D eigenvalue weighted by Crippen LogP contribution is 2.19. The fourth-order valence-electron chi connectivity index (χ4n) is 1.72. The number of hydrogen-bond donors (Lipinski definition) is 1. The zero-order valence-electron chi connectivity index (χ0n) is 11.3. The largest absolute Gasteiger partial charge is 0.480 e. The Morgan fingerprint density at radius 1 is 1.39 bits per heavy atom. The fourth-order valence-corrected chi connectivity index (χ4v) is 1.72. The van der Waals surface area contributed by atoms with Gasteiger partial charge >= 0.3 is 5.97 Å². The molecule has 4 heteroatoms. The summed E-state index contributed by atoms with van der Waals surface area (Å²) in [5.74, 6) is -1.20. The van der Waals surface area contributed by atoms with Crippen LogP contribution in [0.1, 0.15) is 31.9 Å². The number of hydrogen-bond acceptors (Lipinski definition) is 2. The van der Waals surface area contributed by atoms with E-state index >= 15 is 0 Å². The summed E-state index contributed by atoms with van der Waals surface area (Å²) in [6.45, 7) is 7.85. The van der Waals surface area contributed by atoms with Crippen LogP contribution in [-0.4, -0.2) is 28.1 Å². The lowest BCUT2D eigenvalue weighted by Gasteiger charge is -2.34. The van der Waals surface area contributed by atoms with Gasteiger partial charge in [-0.25, -0.2) is 4.39 Å². The van der Waals surface area contributed by atoms with Gasteiger partial charge in [0.05, 0.1) is 6.54 Å². The maximum Gasteiger partial charge on any atom is 0.317 e. The molecule has 0 aromatic heterocycles. The first kappa shape index (κ1) is 14.6. The molecule has 0 bridgehead atoms. The lowest BCUT2D eigenvalue weighted by Crippen LogP contribution is -2.44. The van der Waals surface area contributed by atoms with Gasteiger partial charge in [0.1, 0.15) is 5.82 Å². The standard InChI is InChI=1S/C14H20FNO2/c1-10-5-6-12(15)11(7-10)8-16(9-13(17)18)14(2,3)4/h5-7H,8-9H2,1-4H3,(H,17,18). The van der Waals surface area contributed by atoms with Crippen LogP contribution in [0.4, 0.5) is 4.39 Å². The summed E-state index contributed by atoms with van der Waals surface area (Å²) in [5.41, 5.74) is 1.18. The quantitative estimate of drug-likeness (QED) is 0.897. The summed E-state index contributed by atoms with van der Waals surface area (Å²) in [6.07, 6.45) is 0. The van der Waals surface area contributed by atoms with E-state index < -0.39 is 5.97 Å². The Bertz CT molecular complexity index is 438. The molecule has 100 valence electrons. The number of aryl methyl sites for hydroxylation is 1. The van der Waals surface area contributed by atoms with E-state index in [1.54, 1.807) is 17.0 Å². The molecule has 1 aromatic rings. The van der Waals surface area contributed by atoms with Crippen LogP contribution in [0.2, 0.25) is 0 Å². The van der Waals surface area contributed by atoms with Crippen LogP contribution in [0.3, 0.4) is 0 Å². The second-order valence-corrected chi connectivity index (χ2v) is 5.52. The minimum Gasteiger partial charge on any atom is -0.480 e. The number of carbonyl (C=O) groups is 1. The van der Waals surface area contributed by atoms with Gasteiger partial charge in [-0.3, -0.25) is 9.69 Å². The van der Waals surface area contributed by atoms with E-state index in [1.165, 1.54) is 6.07 Å². The van der Waals surface area contributed by atoms with Crippen LogP contribution in [0, 0.1) is 12.7 Å². The van der Waals surface area contributed by atoms with Crippen molar-refractivity contribution in [2.24, 2.45) is 0 Å². The molecule has 0 saturated heterocycles. The molecule has 1 N–H and O–H groups in total. The van der Waals surface area contributed by atoms with Crippen LogP contribution in [-0.2, 0) is 11.3 Å². The normalized spacial score (nSPS) is 11.9. The first-order valence-corrected chi connectivity index (χ1v) is 5.92. The number of rotatable bonds is 4. The van der Waals surface area contributed by atoms with E-state index in [4.69, 9.17) is 5.11 Å². The van der Waals surface area contributed by atoms with Crippen molar-refractivity contribution in [3.05, 3.63) is 35.1 Å². The van der Waals surface area contributed by atoms with Gasteiger partial charge in [-0.05, 0) is 33.8 Å². The molecule has 0 aliphatic carbocycles. The second-order valence-electron chi connectivity index (χ2n) is 5.52. The van der Waals surface area contributed by atoms with Crippen molar-refractivity contribution in [3.63, 3.8) is 0 Å². The van der Waals surface area contributed by atoms with Crippen molar-refractivity contribution in [1.82, 2.24) is 4.90 Å². The molecule has 0 spiro atoms. The Morgan fingerprint density at radius 2 is 2.00 bits per heavy atom. The Morgan fingerprint density at radius 3 is 2.50 bits per heavy atom. The van der Waals surface area contributed by atoms with Crippen LogP contribution in [0.15, 0.2) is 18.2 Å². The SMILES string of the molecule is Cc1ccc(F)c(CN(CC(=O)O)C(C)(C)C)c1. The molecule has 18 heavy (non-hydrogen) atoms. The van der Waals surface area contributed by atoms with Gasteiger partial charge < -0.3 is 5.11 Å². The summed E-state index contributed by atoms with van der Waals surface area (Å²) in [7, 11) is 0. The van der Waals surface area contributed by atoms with E-state index in [-0.39, 0.29) is 17.9 Å². The third kappa shape index (κ3) is 4.11. The Kier molecular flexibility index (Phi) is 4.46. The van der Waals surface area contributed by atoms with Crippen LogP contribution in [0.25, 0.3) is 0 Å². The summed E-state index contributed by atoms with van der Waals surface area (Å²) in [4.78, 5) is 12.6. The minimum atomic E-state index is -0.905. The molecule has 0 radical (unpaired) electrons. The molecule has 0 fully saturated rings. The van der Waals surface area contributed by atoms with Crippen molar-refractivity contribution < 1.29 is 14.3 Å². The van der Waals surface area contributed by atoms with E-state index in [9.17, 15) is 9.18 Å². The second kappa shape index (κ2) is 5.48. The first-order chi connectivity index (χ1) is 8.20. The van der Waals surface area contributed by atoms with Gasteiger partial charge in [-0.1, -0.05) is 17.7 Å². The summed E-state index contributed by atoms with van der Waals surface area (Å²) < 4.78 is 13.7. The summed E-state index contributed by atoms with van der Waals surface area (Å²) in [5, 5.41) is 8.91. The number of carboxylic acid groups (broad SMARTS) is 1. The average molecular weight is 253 g/mol. The number of nitrogens with zero attached hydrogens (tertiary/aromatic N) is 1. The zero-order valence-corrected chi connectivity index (χ0v) is 11.3. The lowest BCUT2D eigenvalue weighted by atomic mass is 10.0. The van der Waals surface area contributed by atoms with Crippen molar-refractivity contribution in [1.29, 1.82) is 0 Å². The Balaban J connectivity index is 2.96. The van der Waals surface area contributed by atoms with Gasteiger partial charge in [0, 0.05) is 17.6 Å². The molecule has 0 aliphatic heterocycles. The number of aliphatic carboxylic acids is 1. The molecular weight excluding hydrogens is 233 g/mol. The van der Waals surface area contributed by atoms with Crippen molar-refractivity contribution in [2.45, 2.75) is 39.8 Å². The van der Waals surface area contributed by atoms with Gasteiger partial charge in [-0.15, -0.1) is 0 Å². The third-order valence-corrected chi connectivity index (χ3v) is 2.84. The molecule has 0 atom stereocenters. The number of benzene rings is 1. The highest BCUT2D eigenvalue weighted by Gasteiger charge is 2.24. The summed E-state index contributed by atoms with van der Waals surface area (Å²) >= 11 is 0. The third-order valence-electron chi connectivity index (χ3n) is 2.84. The van der Waals surface area contributed by atoms with E-state index in [0.717, 1.165) is 5.56 Å². The Labute approximate surface area is 107 Å². The molecule has 0 aliphatic rings. The lowest BCUT2D eigenvalue weighted by molar-refractivity contribution is -0.139. The van der Waals surface area contributed by atoms with Crippen LogP contribution in [0.5, 0.6) is 0 Å². The molecule has 0 unspecified atom stereocenters. The number of carboxylic acids is 1. The highest BCUT2D eigenvalue weighted by atomic mass is 19.1. The molecule has 0 heterocycles. The smallest absolute Gasteiger partial charge is 0.317 e. The monoisotopic (exact) mass is 253 g/mol. The van der Waals surface area contributed by atoms with Gasteiger partial charge in [0.15, 0.2) is 0 Å². The fraction of sp³-hybridized carbons (Fsp3) is 0.500. The number of halogens is 1. The van der Waals surface area contributed by atoms with Crippen LogP contribution < -0.4 is 0 Å². The van der Waals surface area contributed by atoms with Gasteiger partial charge in [0.25, 0.3) is 0 Å². The van der Waals surface area contributed by atoms with Crippen LogP contribution >= 0.6 is 0 Å².